The highest BCUT2D eigenvalue weighted by Gasteiger charge is 2.26. The molecule has 0 saturated carbocycles. The lowest BCUT2D eigenvalue weighted by Gasteiger charge is -2.34. The second kappa shape index (κ2) is 6.18. The molecule has 0 spiro atoms. The van der Waals surface area contributed by atoms with Crippen LogP contribution >= 0.6 is 11.3 Å². The van der Waals surface area contributed by atoms with E-state index in [-0.39, 0.29) is 6.03 Å². The third kappa shape index (κ3) is 2.83. The molecule has 1 aliphatic heterocycles. The summed E-state index contributed by atoms with van der Waals surface area (Å²) in [6, 6.07) is 0.192. The van der Waals surface area contributed by atoms with Gasteiger partial charge in [-0.15, -0.1) is 11.3 Å². The van der Waals surface area contributed by atoms with Crippen molar-refractivity contribution in [3.8, 4) is 0 Å². The number of thiazole rings is 1. The number of urea groups is 1. The topological polar surface area (TPSA) is 36.4 Å². The Labute approximate surface area is 113 Å². The van der Waals surface area contributed by atoms with Gasteiger partial charge in [0, 0.05) is 43.7 Å². The summed E-state index contributed by atoms with van der Waals surface area (Å²) < 4.78 is 0. The maximum absolute atomic E-state index is 12.2. The highest BCUT2D eigenvalue weighted by Crippen LogP contribution is 2.29. The maximum atomic E-state index is 12.2. The van der Waals surface area contributed by atoms with E-state index in [1.807, 2.05) is 35.2 Å². The van der Waals surface area contributed by atoms with E-state index >= 15 is 0 Å². The van der Waals surface area contributed by atoms with Gasteiger partial charge in [0.2, 0.25) is 0 Å². The minimum absolute atomic E-state index is 0.192. The molecule has 1 fully saturated rings. The van der Waals surface area contributed by atoms with Crippen LogP contribution in [0.2, 0.25) is 0 Å². The van der Waals surface area contributed by atoms with Crippen LogP contribution < -0.4 is 0 Å². The molecule has 5 heteroatoms. The number of likely N-dealkylation sites (tertiary alicyclic amines) is 1. The summed E-state index contributed by atoms with van der Waals surface area (Å²) >= 11 is 1.73. The molecule has 0 bridgehead atoms. The summed E-state index contributed by atoms with van der Waals surface area (Å²) in [4.78, 5) is 20.5. The third-order valence-corrected chi connectivity index (χ3v) is 4.54. The Balaban J connectivity index is 1.88. The summed E-state index contributed by atoms with van der Waals surface area (Å²) in [5.41, 5.74) is 0. The van der Waals surface area contributed by atoms with E-state index < -0.39 is 0 Å². The molecular weight excluding hydrogens is 246 g/mol. The van der Waals surface area contributed by atoms with Gasteiger partial charge in [-0.25, -0.2) is 9.78 Å². The van der Waals surface area contributed by atoms with Gasteiger partial charge in [0.1, 0.15) is 0 Å². The van der Waals surface area contributed by atoms with Gasteiger partial charge in [0.15, 0.2) is 0 Å². The van der Waals surface area contributed by atoms with Crippen LogP contribution in [0.4, 0.5) is 4.79 Å². The zero-order valence-corrected chi connectivity index (χ0v) is 11.9. The van der Waals surface area contributed by atoms with Crippen molar-refractivity contribution in [2.75, 3.05) is 26.2 Å². The Morgan fingerprint density at radius 2 is 2.11 bits per heavy atom. The molecular formula is C13H21N3OS. The molecule has 0 unspecified atom stereocenters. The van der Waals surface area contributed by atoms with Gasteiger partial charge in [-0.2, -0.15) is 0 Å². The Morgan fingerprint density at radius 1 is 1.44 bits per heavy atom. The van der Waals surface area contributed by atoms with Gasteiger partial charge < -0.3 is 9.80 Å². The molecule has 0 aliphatic carbocycles. The van der Waals surface area contributed by atoms with Gasteiger partial charge in [-0.3, -0.25) is 0 Å². The molecule has 1 aromatic heterocycles. The summed E-state index contributed by atoms with van der Waals surface area (Å²) in [5.74, 6) is 0.547. The van der Waals surface area contributed by atoms with Gasteiger partial charge in [0.25, 0.3) is 0 Å². The van der Waals surface area contributed by atoms with Crippen molar-refractivity contribution in [1.29, 1.82) is 0 Å². The van der Waals surface area contributed by atoms with Crippen LogP contribution in [0.3, 0.4) is 0 Å². The molecule has 2 rings (SSSR count). The van der Waals surface area contributed by atoms with Gasteiger partial charge in [0.05, 0.1) is 5.01 Å². The van der Waals surface area contributed by atoms with E-state index in [1.54, 1.807) is 11.3 Å². The maximum Gasteiger partial charge on any atom is 0.319 e. The highest BCUT2D eigenvalue weighted by molar-refractivity contribution is 7.09. The van der Waals surface area contributed by atoms with Crippen molar-refractivity contribution in [2.24, 2.45) is 0 Å². The standard InChI is InChI=1S/C13H21N3OS/c1-3-15(4-2)13(17)16-8-5-11(6-9-16)12-14-7-10-18-12/h7,10-11H,3-6,8-9H2,1-2H3. The minimum atomic E-state index is 0.192. The Hall–Kier alpha value is -1.10. The molecule has 18 heavy (non-hydrogen) atoms. The molecule has 1 aromatic rings. The van der Waals surface area contributed by atoms with Crippen LogP contribution in [-0.4, -0.2) is 47.0 Å². The highest BCUT2D eigenvalue weighted by atomic mass is 32.1. The molecule has 0 N–H and O–H groups in total. The van der Waals surface area contributed by atoms with E-state index in [4.69, 9.17) is 0 Å². The first-order valence-corrected chi connectivity index (χ1v) is 7.57. The monoisotopic (exact) mass is 267 g/mol. The average Bonchev–Trinajstić information content (AvgIpc) is 2.94. The summed E-state index contributed by atoms with van der Waals surface area (Å²) in [6.07, 6.45) is 3.95. The van der Waals surface area contributed by atoms with E-state index in [0.29, 0.717) is 5.92 Å². The molecule has 0 radical (unpaired) electrons. The Bertz CT molecular complexity index is 368. The Morgan fingerprint density at radius 3 is 2.61 bits per heavy atom. The normalized spacial score (nSPS) is 16.9. The zero-order valence-electron chi connectivity index (χ0n) is 11.1. The summed E-state index contributed by atoms with van der Waals surface area (Å²) in [7, 11) is 0. The molecule has 0 aromatic carbocycles. The predicted molar refractivity (Wildman–Crippen MR) is 74.0 cm³/mol. The van der Waals surface area contributed by atoms with E-state index in [2.05, 4.69) is 4.98 Å². The number of aromatic nitrogens is 1. The van der Waals surface area contributed by atoms with E-state index in [1.165, 1.54) is 5.01 Å². The van der Waals surface area contributed by atoms with Crippen molar-refractivity contribution < 1.29 is 4.79 Å². The smallest absolute Gasteiger partial charge is 0.319 e. The molecule has 1 aliphatic rings. The number of carbonyl (C=O) groups is 1. The average molecular weight is 267 g/mol. The predicted octanol–water partition coefficient (Wildman–Crippen LogP) is 2.78. The van der Waals surface area contributed by atoms with Crippen molar-refractivity contribution in [3.05, 3.63) is 16.6 Å². The lowest BCUT2D eigenvalue weighted by atomic mass is 9.98. The molecule has 2 heterocycles. The fraction of sp³-hybridized carbons (Fsp3) is 0.692. The van der Waals surface area contributed by atoms with Crippen LogP contribution in [-0.2, 0) is 0 Å². The fourth-order valence-electron chi connectivity index (χ4n) is 2.45. The zero-order chi connectivity index (χ0) is 13.0. The number of rotatable bonds is 3. The minimum Gasteiger partial charge on any atom is -0.325 e. The fourth-order valence-corrected chi connectivity index (χ4v) is 3.26. The van der Waals surface area contributed by atoms with Gasteiger partial charge in [-0.05, 0) is 26.7 Å². The lowest BCUT2D eigenvalue weighted by Crippen LogP contribution is -2.46. The number of carbonyl (C=O) groups excluding carboxylic acids is 1. The van der Waals surface area contributed by atoms with Crippen LogP contribution in [0.5, 0.6) is 0 Å². The molecule has 4 nitrogen and oxygen atoms in total. The first-order chi connectivity index (χ1) is 8.76. The number of amides is 2. The largest absolute Gasteiger partial charge is 0.325 e. The summed E-state index contributed by atoms with van der Waals surface area (Å²) in [5, 5.41) is 3.26. The summed E-state index contributed by atoms with van der Waals surface area (Å²) in [6.45, 7) is 7.37. The second-order valence-corrected chi connectivity index (χ2v) is 5.51. The molecule has 2 amide bonds. The van der Waals surface area contributed by atoms with Crippen LogP contribution in [0.15, 0.2) is 11.6 Å². The quantitative estimate of drug-likeness (QED) is 0.844. The third-order valence-electron chi connectivity index (χ3n) is 3.60. The molecule has 100 valence electrons. The van der Waals surface area contributed by atoms with Crippen LogP contribution in [0.1, 0.15) is 37.6 Å². The Kier molecular flexibility index (Phi) is 4.58. The SMILES string of the molecule is CCN(CC)C(=O)N1CCC(c2nccs2)CC1. The van der Waals surface area contributed by atoms with Crippen molar-refractivity contribution in [2.45, 2.75) is 32.6 Å². The van der Waals surface area contributed by atoms with Crippen molar-refractivity contribution in [1.82, 2.24) is 14.8 Å². The van der Waals surface area contributed by atoms with Crippen molar-refractivity contribution in [3.63, 3.8) is 0 Å². The lowest BCUT2D eigenvalue weighted by molar-refractivity contribution is 0.144. The number of hydrogen-bond acceptors (Lipinski definition) is 3. The number of nitrogens with zero attached hydrogens (tertiary/aromatic N) is 3. The van der Waals surface area contributed by atoms with Crippen molar-refractivity contribution >= 4 is 17.4 Å². The van der Waals surface area contributed by atoms with Gasteiger partial charge >= 0.3 is 6.03 Å². The molecule has 1 saturated heterocycles. The first-order valence-electron chi connectivity index (χ1n) is 6.69. The van der Waals surface area contributed by atoms with E-state index in [9.17, 15) is 4.79 Å². The molecule has 0 atom stereocenters. The van der Waals surface area contributed by atoms with Crippen LogP contribution in [0, 0.1) is 0 Å². The first kappa shape index (κ1) is 13.3. The van der Waals surface area contributed by atoms with Gasteiger partial charge in [-0.1, -0.05) is 0 Å². The second-order valence-electron chi connectivity index (χ2n) is 4.59. The number of piperidine rings is 1. The van der Waals surface area contributed by atoms with E-state index in [0.717, 1.165) is 39.0 Å². The van der Waals surface area contributed by atoms with Crippen LogP contribution in [0.25, 0.3) is 0 Å². The number of hydrogen-bond donors (Lipinski definition) is 0.